The number of carbonyl (C=O) groups is 1. The van der Waals surface area contributed by atoms with Crippen LogP contribution in [-0.2, 0) is 4.74 Å². The molecule has 4 heteroatoms. The van der Waals surface area contributed by atoms with E-state index in [2.05, 4.69) is 5.32 Å². The molecule has 3 rings (SSSR count). The molecule has 2 unspecified atom stereocenters. The summed E-state index contributed by atoms with van der Waals surface area (Å²) in [5, 5.41) is 15.2. The minimum absolute atomic E-state index is 0.167. The number of aliphatic hydroxyl groups is 1. The lowest BCUT2D eigenvalue weighted by molar-refractivity contribution is -0.0251. The number of hydrogen-bond acceptors (Lipinski definition) is 3. The third kappa shape index (κ3) is 2.64. The first kappa shape index (κ1) is 14.0. The minimum Gasteiger partial charge on any atom is -0.385 e. The fourth-order valence-corrected chi connectivity index (χ4v) is 2.75. The zero-order chi connectivity index (χ0) is 14.9. The topological polar surface area (TPSA) is 58.6 Å². The van der Waals surface area contributed by atoms with Gasteiger partial charge in [-0.3, -0.25) is 4.79 Å². The molecule has 0 aliphatic carbocycles. The van der Waals surface area contributed by atoms with Gasteiger partial charge in [0.25, 0.3) is 5.91 Å². The molecule has 110 valence electrons. The van der Waals surface area contributed by atoms with Crippen LogP contribution < -0.4 is 5.32 Å². The Labute approximate surface area is 123 Å². The molecule has 1 saturated heterocycles. The van der Waals surface area contributed by atoms with Crippen molar-refractivity contribution in [3.63, 3.8) is 0 Å². The molecular weight excluding hydrogens is 266 g/mol. The zero-order valence-corrected chi connectivity index (χ0v) is 12.0. The van der Waals surface area contributed by atoms with Crippen LogP contribution >= 0.6 is 0 Å². The molecule has 4 nitrogen and oxygen atoms in total. The van der Waals surface area contributed by atoms with Crippen LogP contribution in [0.15, 0.2) is 42.5 Å². The van der Waals surface area contributed by atoms with E-state index in [1.165, 1.54) is 0 Å². The Morgan fingerprint density at radius 3 is 2.86 bits per heavy atom. The molecule has 2 atom stereocenters. The van der Waals surface area contributed by atoms with Crippen molar-refractivity contribution in [2.45, 2.75) is 25.0 Å². The second-order valence-electron chi connectivity index (χ2n) is 5.58. The van der Waals surface area contributed by atoms with Gasteiger partial charge in [0.1, 0.15) is 5.60 Å². The number of ether oxygens (including phenoxy) is 1. The highest BCUT2D eigenvalue weighted by Gasteiger charge is 2.39. The van der Waals surface area contributed by atoms with Gasteiger partial charge >= 0.3 is 0 Å². The molecule has 2 aromatic carbocycles. The lowest BCUT2D eigenvalue weighted by Gasteiger charge is -2.26. The Hall–Kier alpha value is -1.91. The van der Waals surface area contributed by atoms with Crippen molar-refractivity contribution in [1.29, 1.82) is 0 Å². The molecule has 1 heterocycles. The van der Waals surface area contributed by atoms with Crippen LogP contribution in [0, 0.1) is 0 Å². The highest BCUT2D eigenvalue weighted by molar-refractivity contribution is 6.07. The van der Waals surface area contributed by atoms with Crippen LogP contribution in [0.4, 0.5) is 0 Å². The minimum atomic E-state index is -0.972. The first-order valence-electron chi connectivity index (χ1n) is 7.20. The normalized spacial score (nSPS) is 25.1. The lowest BCUT2D eigenvalue weighted by Crippen LogP contribution is -2.47. The average molecular weight is 285 g/mol. The van der Waals surface area contributed by atoms with Crippen LogP contribution in [0.3, 0.4) is 0 Å². The van der Waals surface area contributed by atoms with Gasteiger partial charge in [-0.2, -0.15) is 0 Å². The van der Waals surface area contributed by atoms with E-state index in [9.17, 15) is 9.90 Å². The maximum absolute atomic E-state index is 12.4. The largest absolute Gasteiger partial charge is 0.385 e. The van der Waals surface area contributed by atoms with Crippen molar-refractivity contribution in [1.82, 2.24) is 5.32 Å². The van der Waals surface area contributed by atoms with Crippen molar-refractivity contribution in [2.75, 3.05) is 13.2 Å². The molecule has 0 spiro atoms. The standard InChI is InChI=1S/C17H19NO3/c1-12-17(20,9-10-21-12)11-18-16(19)15-8-4-6-13-5-2-3-7-14(13)15/h2-8,12,20H,9-11H2,1H3,(H,18,19). The molecule has 2 aromatic rings. The number of amides is 1. The third-order valence-electron chi connectivity index (χ3n) is 4.25. The summed E-state index contributed by atoms with van der Waals surface area (Å²) in [6, 6.07) is 13.4. The summed E-state index contributed by atoms with van der Waals surface area (Å²) in [6.07, 6.45) is 0.287. The Morgan fingerprint density at radius 1 is 1.33 bits per heavy atom. The van der Waals surface area contributed by atoms with Crippen LogP contribution in [0.5, 0.6) is 0 Å². The number of nitrogens with one attached hydrogen (secondary N) is 1. The van der Waals surface area contributed by atoms with Gasteiger partial charge in [0, 0.05) is 25.1 Å². The molecule has 1 amide bonds. The molecule has 21 heavy (non-hydrogen) atoms. The SMILES string of the molecule is CC1OCCC1(O)CNC(=O)c1cccc2ccccc12. The quantitative estimate of drug-likeness (QED) is 0.908. The number of carbonyl (C=O) groups excluding carboxylic acids is 1. The monoisotopic (exact) mass is 285 g/mol. The van der Waals surface area contributed by atoms with E-state index in [-0.39, 0.29) is 18.6 Å². The van der Waals surface area contributed by atoms with Crippen molar-refractivity contribution in [3.05, 3.63) is 48.0 Å². The first-order chi connectivity index (χ1) is 10.1. The summed E-state index contributed by atoms with van der Waals surface area (Å²) < 4.78 is 5.38. The summed E-state index contributed by atoms with van der Waals surface area (Å²) in [6.45, 7) is 2.56. The summed E-state index contributed by atoms with van der Waals surface area (Å²) in [5.74, 6) is -0.167. The Balaban J connectivity index is 1.79. The average Bonchev–Trinajstić information content (AvgIpc) is 2.84. The highest BCUT2D eigenvalue weighted by Crippen LogP contribution is 2.25. The van der Waals surface area contributed by atoms with Crippen molar-refractivity contribution < 1.29 is 14.6 Å². The van der Waals surface area contributed by atoms with E-state index in [0.29, 0.717) is 18.6 Å². The van der Waals surface area contributed by atoms with Gasteiger partial charge in [-0.15, -0.1) is 0 Å². The second-order valence-corrected chi connectivity index (χ2v) is 5.58. The van der Waals surface area contributed by atoms with E-state index in [1.54, 1.807) is 6.07 Å². The fraction of sp³-hybridized carbons (Fsp3) is 0.353. The van der Waals surface area contributed by atoms with Gasteiger partial charge in [-0.25, -0.2) is 0 Å². The molecule has 0 bridgehead atoms. The Morgan fingerprint density at radius 2 is 2.10 bits per heavy atom. The van der Waals surface area contributed by atoms with Crippen molar-refractivity contribution >= 4 is 16.7 Å². The van der Waals surface area contributed by atoms with Gasteiger partial charge in [0.2, 0.25) is 0 Å². The predicted molar refractivity (Wildman–Crippen MR) is 81.3 cm³/mol. The smallest absolute Gasteiger partial charge is 0.252 e. The molecule has 2 N–H and O–H groups in total. The Bertz CT molecular complexity index is 665. The molecule has 0 saturated carbocycles. The van der Waals surface area contributed by atoms with E-state index >= 15 is 0 Å². The summed E-state index contributed by atoms with van der Waals surface area (Å²) >= 11 is 0. The highest BCUT2D eigenvalue weighted by atomic mass is 16.5. The van der Waals surface area contributed by atoms with E-state index in [0.717, 1.165) is 10.8 Å². The summed E-state index contributed by atoms with van der Waals surface area (Å²) in [4.78, 5) is 12.4. The van der Waals surface area contributed by atoms with Gasteiger partial charge in [-0.05, 0) is 23.8 Å². The predicted octanol–water partition coefficient (Wildman–Crippen LogP) is 2.11. The van der Waals surface area contributed by atoms with Gasteiger partial charge < -0.3 is 15.2 Å². The molecule has 0 aromatic heterocycles. The molecule has 1 fully saturated rings. The number of rotatable bonds is 3. The third-order valence-corrected chi connectivity index (χ3v) is 4.25. The number of hydrogen-bond donors (Lipinski definition) is 2. The van der Waals surface area contributed by atoms with Crippen LogP contribution in [0.25, 0.3) is 10.8 Å². The molecule has 1 aliphatic heterocycles. The van der Waals surface area contributed by atoms with Crippen LogP contribution in [0.2, 0.25) is 0 Å². The lowest BCUT2D eigenvalue weighted by atomic mass is 9.96. The van der Waals surface area contributed by atoms with Crippen molar-refractivity contribution in [3.8, 4) is 0 Å². The second kappa shape index (κ2) is 5.47. The molecule has 1 aliphatic rings. The van der Waals surface area contributed by atoms with Crippen molar-refractivity contribution in [2.24, 2.45) is 0 Å². The van der Waals surface area contributed by atoms with E-state index in [4.69, 9.17) is 4.74 Å². The van der Waals surface area contributed by atoms with Crippen LogP contribution in [-0.4, -0.2) is 35.9 Å². The fourth-order valence-electron chi connectivity index (χ4n) is 2.75. The van der Waals surface area contributed by atoms with Gasteiger partial charge in [0.05, 0.1) is 6.10 Å². The number of benzene rings is 2. The Kier molecular flexibility index (Phi) is 3.66. The number of fused-ring (bicyclic) bond motifs is 1. The van der Waals surface area contributed by atoms with E-state index in [1.807, 2.05) is 43.3 Å². The van der Waals surface area contributed by atoms with Gasteiger partial charge in [-0.1, -0.05) is 36.4 Å². The zero-order valence-electron chi connectivity index (χ0n) is 12.0. The maximum Gasteiger partial charge on any atom is 0.252 e. The summed E-state index contributed by atoms with van der Waals surface area (Å²) in [5.41, 5.74) is -0.344. The van der Waals surface area contributed by atoms with Crippen LogP contribution in [0.1, 0.15) is 23.7 Å². The van der Waals surface area contributed by atoms with E-state index < -0.39 is 5.60 Å². The molecule has 0 radical (unpaired) electrons. The first-order valence-corrected chi connectivity index (χ1v) is 7.20. The maximum atomic E-state index is 12.4. The summed E-state index contributed by atoms with van der Waals surface area (Å²) in [7, 11) is 0. The van der Waals surface area contributed by atoms with Gasteiger partial charge in [0.15, 0.2) is 0 Å². The molecular formula is C17H19NO3.